The van der Waals surface area contributed by atoms with E-state index in [1.165, 1.54) is 103 Å². The molecule has 4 nitrogen and oxygen atoms in total. The Morgan fingerprint density at radius 1 is 0.441 bits per heavy atom. The monoisotopic (exact) mass is 526 g/mol. The van der Waals surface area contributed by atoms with Gasteiger partial charge < -0.3 is 33.8 Å². The number of nitrogens with zero attached hydrogens (tertiary/aromatic N) is 2. The van der Waals surface area contributed by atoms with Gasteiger partial charge in [0, 0.05) is 0 Å². The smallest absolute Gasteiger partial charge is 0.174 e. The van der Waals surface area contributed by atoms with Gasteiger partial charge in [-0.25, -0.2) is 0 Å². The molecule has 208 valence electrons. The number of halogens is 2. The number of carbonyl (C=O) groups excluding carboxylic acids is 2. The zero-order chi connectivity index (χ0) is 24.6. The Hall–Kier alpha value is -0.160. The van der Waals surface area contributed by atoms with E-state index in [1.807, 2.05) is 0 Å². The third-order valence-corrected chi connectivity index (χ3v) is 6.37. The molecule has 0 N–H and O–H groups in total. The fourth-order valence-corrected chi connectivity index (χ4v) is 3.93. The first kappa shape index (κ1) is 41.0. The highest BCUT2D eigenvalue weighted by Crippen LogP contribution is 2.11. The molecule has 6 heteroatoms. The van der Waals surface area contributed by atoms with Gasteiger partial charge in [-0.15, -0.1) is 0 Å². The average Bonchev–Trinajstić information content (AvgIpc) is 2.72. The Balaban J connectivity index is -0.000000250. The van der Waals surface area contributed by atoms with Gasteiger partial charge in [-0.3, -0.25) is 9.59 Å². The molecule has 0 aromatic carbocycles. The molecule has 0 aliphatic carbocycles. The number of hydrogen-bond donors (Lipinski definition) is 0. The highest BCUT2D eigenvalue weighted by atomic mass is 35.5. The van der Waals surface area contributed by atoms with Crippen molar-refractivity contribution in [3.63, 3.8) is 0 Å². The van der Waals surface area contributed by atoms with E-state index in [0.29, 0.717) is 13.1 Å². The predicted molar refractivity (Wildman–Crippen MR) is 141 cm³/mol. The Kier molecular flexibility index (Phi) is 35.0. The van der Waals surface area contributed by atoms with Crippen molar-refractivity contribution in [2.75, 3.05) is 54.4 Å². The van der Waals surface area contributed by atoms with Crippen LogP contribution in [0.5, 0.6) is 0 Å². The number of aldehydes is 2. The SMILES string of the molecule is CCCCCCCCCC[N+](C)(C)CC=O.CCCCCCCCCC[N+](C)(C)CC=O.[Cl-].[Cl-]. The van der Waals surface area contributed by atoms with E-state index in [2.05, 4.69) is 42.0 Å². The molecular weight excluding hydrogens is 467 g/mol. The summed E-state index contributed by atoms with van der Waals surface area (Å²) < 4.78 is 1.69. The van der Waals surface area contributed by atoms with Crippen molar-refractivity contribution in [3.8, 4) is 0 Å². The van der Waals surface area contributed by atoms with Crippen molar-refractivity contribution < 1.29 is 43.4 Å². The minimum Gasteiger partial charge on any atom is -1.00 e. The van der Waals surface area contributed by atoms with Crippen molar-refractivity contribution >= 4 is 12.6 Å². The van der Waals surface area contributed by atoms with Crippen LogP contribution in [-0.4, -0.2) is 75.9 Å². The summed E-state index contributed by atoms with van der Waals surface area (Å²) in [5.74, 6) is 0. The average molecular weight is 528 g/mol. The van der Waals surface area contributed by atoms with E-state index in [-0.39, 0.29) is 24.8 Å². The summed E-state index contributed by atoms with van der Waals surface area (Å²) in [5.41, 5.74) is 0. The van der Waals surface area contributed by atoms with Gasteiger partial charge in [0.05, 0.1) is 41.3 Å². The first-order valence-corrected chi connectivity index (χ1v) is 13.8. The Labute approximate surface area is 226 Å². The van der Waals surface area contributed by atoms with Crippen molar-refractivity contribution in [1.82, 2.24) is 0 Å². The largest absolute Gasteiger partial charge is 1.00 e. The van der Waals surface area contributed by atoms with Crippen LogP contribution in [-0.2, 0) is 9.59 Å². The highest BCUT2D eigenvalue weighted by molar-refractivity contribution is 5.50. The molecule has 0 aliphatic rings. The molecule has 0 fully saturated rings. The van der Waals surface area contributed by atoms with E-state index in [1.54, 1.807) is 0 Å². The lowest BCUT2D eigenvalue weighted by Gasteiger charge is -2.27. The second kappa shape index (κ2) is 29.1. The van der Waals surface area contributed by atoms with Crippen molar-refractivity contribution in [2.45, 2.75) is 117 Å². The van der Waals surface area contributed by atoms with Gasteiger partial charge in [0.15, 0.2) is 12.6 Å². The number of hydrogen-bond acceptors (Lipinski definition) is 2. The Morgan fingerprint density at radius 2 is 0.676 bits per heavy atom. The number of carbonyl (C=O) groups is 2. The molecule has 0 heterocycles. The van der Waals surface area contributed by atoms with Crippen LogP contribution in [0.4, 0.5) is 0 Å². The standard InChI is InChI=1S/2C14H30NO.2ClH/c2*1-4-5-6-7-8-9-10-11-12-15(2,3)13-14-16;;/h2*14H,4-13H2,1-3H3;2*1H/q2*+1;;/p-2. The maximum absolute atomic E-state index is 10.4. The molecule has 0 atom stereocenters. The molecule has 0 amide bonds. The summed E-state index contributed by atoms with van der Waals surface area (Å²) in [6.45, 7) is 8.08. The van der Waals surface area contributed by atoms with Crippen molar-refractivity contribution in [3.05, 3.63) is 0 Å². The van der Waals surface area contributed by atoms with E-state index in [4.69, 9.17) is 0 Å². The van der Waals surface area contributed by atoms with E-state index >= 15 is 0 Å². The van der Waals surface area contributed by atoms with Gasteiger partial charge >= 0.3 is 0 Å². The first-order valence-electron chi connectivity index (χ1n) is 13.8. The second-order valence-corrected chi connectivity index (χ2v) is 11.0. The molecule has 0 saturated heterocycles. The molecular formula is C28H60Cl2N2O2. The van der Waals surface area contributed by atoms with Crippen LogP contribution >= 0.6 is 0 Å². The van der Waals surface area contributed by atoms with E-state index in [0.717, 1.165) is 34.6 Å². The van der Waals surface area contributed by atoms with Crippen LogP contribution in [0.2, 0.25) is 0 Å². The molecule has 0 unspecified atom stereocenters. The minimum atomic E-state index is 0. The minimum absolute atomic E-state index is 0. The van der Waals surface area contributed by atoms with Gasteiger partial charge in [0.25, 0.3) is 0 Å². The number of rotatable bonds is 22. The first-order chi connectivity index (χ1) is 15.2. The molecule has 0 aliphatic heterocycles. The Morgan fingerprint density at radius 3 is 0.912 bits per heavy atom. The molecule has 0 saturated carbocycles. The molecule has 34 heavy (non-hydrogen) atoms. The van der Waals surface area contributed by atoms with E-state index < -0.39 is 0 Å². The lowest BCUT2D eigenvalue weighted by atomic mass is 10.1. The topological polar surface area (TPSA) is 34.1 Å². The van der Waals surface area contributed by atoms with Gasteiger partial charge in [0.2, 0.25) is 0 Å². The molecule has 0 bridgehead atoms. The van der Waals surface area contributed by atoms with Crippen LogP contribution in [0, 0.1) is 0 Å². The Bertz CT molecular complexity index is 381. The molecule has 0 aromatic heterocycles. The summed E-state index contributed by atoms with van der Waals surface area (Å²) in [5, 5.41) is 0. The van der Waals surface area contributed by atoms with E-state index in [9.17, 15) is 9.59 Å². The van der Waals surface area contributed by atoms with Gasteiger partial charge in [-0.2, -0.15) is 0 Å². The third-order valence-electron chi connectivity index (χ3n) is 6.37. The van der Waals surface area contributed by atoms with Crippen LogP contribution < -0.4 is 24.8 Å². The fraction of sp³-hybridized carbons (Fsp3) is 0.929. The molecule has 0 aromatic rings. The fourth-order valence-electron chi connectivity index (χ4n) is 3.93. The van der Waals surface area contributed by atoms with Crippen LogP contribution in [0.1, 0.15) is 117 Å². The van der Waals surface area contributed by atoms with Gasteiger partial charge in [-0.1, -0.05) is 90.9 Å². The summed E-state index contributed by atoms with van der Waals surface area (Å²) >= 11 is 0. The van der Waals surface area contributed by atoms with Crippen LogP contribution in [0.3, 0.4) is 0 Å². The summed E-state index contributed by atoms with van der Waals surface area (Å²) in [6, 6.07) is 0. The third kappa shape index (κ3) is 34.0. The maximum atomic E-state index is 10.4. The van der Waals surface area contributed by atoms with Crippen LogP contribution in [0.15, 0.2) is 0 Å². The maximum Gasteiger partial charge on any atom is 0.174 e. The van der Waals surface area contributed by atoms with Gasteiger partial charge in [-0.05, 0) is 25.7 Å². The molecule has 0 rings (SSSR count). The quantitative estimate of drug-likeness (QED) is 0.119. The summed E-state index contributed by atoms with van der Waals surface area (Å²) in [7, 11) is 8.54. The summed E-state index contributed by atoms with van der Waals surface area (Å²) in [4.78, 5) is 20.9. The predicted octanol–water partition coefficient (Wildman–Crippen LogP) is 0.813. The van der Waals surface area contributed by atoms with Gasteiger partial charge in [0.1, 0.15) is 13.1 Å². The van der Waals surface area contributed by atoms with Crippen LogP contribution in [0.25, 0.3) is 0 Å². The lowest BCUT2D eigenvalue weighted by Crippen LogP contribution is -3.00. The zero-order valence-corrected chi connectivity index (χ0v) is 25.3. The second-order valence-electron chi connectivity index (χ2n) is 11.0. The highest BCUT2D eigenvalue weighted by Gasteiger charge is 2.13. The number of unbranched alkanes of at least 4 members (excludes halogenated alkanes) is 14. The van der Waals surface area contributed by atoms with Crippen molar-refractivity contribution in [2.24, 2.45) is 0 Å². The molecule has 0 radical (unpaired) electrons. The number of likely N-dealkylation sites (N-methyl/N-ethyl adjacent to an activating group) is 2. The molecule has 0 spiro atoms. The normalized spacial score (nSPS) is 11.0. The number of quaternary nitrogens is 2. The van der Waals surface area contributed by atoms with Crippen molar-refractivity contribution in [1.29, 1.82) is 0 Å². The summed E-state index contributed by atoms with van der Waals surface area (Å²) in [6.07, 6.45) is 23.8. The zero-order valence-electron chi connectivity index (χ0n) is 23.8. The lowest BCUT2D eigenvalue weighted by molar-refractivity contribution is -0.881.